The van der Waals surface area contributed by atoms with E-state index in [0.717, 1.165) is 24.0 Å². The van der Waals surface area contributed by atoms with Crippen molar-refractivity contribution in [1.82, 2.24) is 9.21 Å². The zero-order valence-corrected chi connectivity index (χ0v) is 18.8. The van der Waals surface area contributed by atoms with Gasteiger partial charge in [0.05, 0.1) is 4.90 Å². The van der Waals surface area contributed by atoms with Gasteiger partial charge in [-0.25, -0.2) is 8.42 Å². The van der Waals surface area contributed by atoms with Crippen molar-refractivity contribution in [3.63, 3.8) is 0 Å². The first kappa shape index (κ1) is 22.5. The van der Waals surface area contributed by atoms with Gasteiger partial charge in [0, 0.05) is 32.1 Å². The molecule has 0 N–H and O–H groups in total. The minimum atomic E-state index is -3.51. The molecule has 1 aliphatic heterocycles. The van der Waals surface area contributed by atoms with Crippen LogP contribution in [-0.4, -0.2) is 43.2 Å². The number of sulfonamides is 1. The summed E-state index contributed by atoms with van der Waals surface area (Å²) in [6, 6.07) is 17.2. The number of carbonyl (C=O) groups is 1. The fourth-order valence-corrected chi connectivity index (χ4v) is 5.49. The molecule has 30 heavy (non-hydrogen) atoms. The summed E-state index contributed by atoms with van der Waals surface area (Å²) in [6.45, 7) is 6.12. The van der Waals surface area contributed by atoms with Crippen molar-refractivity contribution >= 4 is 15.9 Å². The molecule has 0 aromatic heterocycles. The summed E-state index contributed by atoms with van der Waals surface area (Å²) >= 11 is 0. The Morgan fingerprint density at radius 2 is 1.60 bits per heavy atom. The molecule has 3 rings (SSSR count). The number of piperidine rings is 1. The smallest absolute Gasteiger partial charge is 0.243 e. The van der Waals surface area contributed by atoms with Crippen LogP contribution in [0.1, 0.15) is 44.2 Å². The fourth-order valence-electron chi connectivity index (χ4n) is 4.02. The monoisotopic (exact) mass is 428 g/mol. The largest absolute Gasteiger partial charge is 0.338 e. The molecule has 1 fully saturated rings. The maximum atomic E-state index is 13.0. The number of hydrogen-bond acceptors (Lipinski definition) is 3. The molecule has 0 unspecified atom stereocenters. The van der Waals surface area contributed by atoms with Crippen LogP contribution in [0, 0.1) is 5.92 Å². The Bertz CT molecular complexity index is 919. The molecule has 1 amide bonds. The topological polar surface area (TPSA) is 57.7 Å². The highest BCUT2D eigenvalue weighted by Crippen LogP contribution is 2.26. The Kier molecular flexibility index (Phi) is 7.67. The second kappa shape index (κ2) is 10.2. The van der Waals surface area contributed by atoms with E-state index in [-0.39, 0.29) is 11.8 Å². The van der Waals surface area contributed by atoms with Crippen molar-refractivity contribution < 1.29 is 13.2 Å². The van der Waals surface area contributed by atoms with Crippen molar-refractivity contribution in [3.8, 4) is 0 Å². The van der Waals surface area contributed by atoms with Gasteiger partial charge in [0.25, 0.3) is 0 Å². The van der Waals surface area contributed by atoms with E-state index in [0.29, 0.717) is 43.9 Å². The van der Waals surface area contributed by atoms with Gasteiger partial charge in [0.2, 0.25) is 15.9 Å². The molecule has 6 heteroatoms. The number of nitrogens with zero attached hydrogens (tertiary/aromatic N) is 2. The van der Waals surface area contributed by atoms with Crippen LogP contribution in [0.15, 0.2) is 59.5 Å². The molecule has 0 atom stereocenters. The first-order valence-electron chi connectivity index (χ1n) is 10.9. The lowest BCUT2D eigenvalue weighted by Gasteiger charge is -2.33. The lowest BCUT2D eigenvalue weighted by atomic mass is 9.96. The van der Waals surface area contributed by atoms with Gasteiger partial charge >= 0.3 is 0 Å². The van der Waals surface area contributed by atoms with Crippen LogP contribution >= 0.6 is 0 Å². The van der Waals surface area contributed by atoms with Gasteiger partial charge in [0.15, 0.2) is 0 Å². The van der Waals surface area contributed by atoms with Crippen LogP contribution in [0.25, 0.3) is 0 Å². The number of rotatable bonds is 8. The van der Waals surface area contributed by atoms with E-state index in [4.69, 9.17) is 0 Å². The maximum absolute atomic E-state index is 13.0. The zero-order chi connectivity index (χ0) is 21.6. The summed E-state index contributed by atoms with van der Waals surface area (Å²) in [4.78, 5) is 15.2. The minimum Gasteiger partial charge on any atom is -0.338 e. The third-order valence-corrected chi connectivity index (χ3v) is 7.73. The van der Waals surface area contributed by atoms with E-state index in [1.54, 1.807) is 12.1 Å². The SMILES string of the molecule is CCCc1ccc(S(=O)(=O)N2CCC(C(=O)N(CC)Cc3ccccc3)CC2)cc1. The highest BCUT2D eigenvalue weighted by atomic mass is 32.2. The molecule has 0 saturated carbocycles. The molecule has 0 aliphatic carbocycles. The van der Waals surface area contributed by atoms with E-state index in [1.165, 1.54) is 4.31 Å². The molecular weight excluding hydrogens is 396 g/mol. The molecular formula is C24H32N2O3S. The van der Waals surface area contributed by atoms with Crippen molar-refractivity contribution in [3.05, 3.63) is 65.7 Å². The number of amides is 1. The Balaban J connectivity index is 1.60. The lowest BCUT2D eigenvalue weighted by Crippen LogP contribution is -2.44. The predicted octanol–water partition coefficient (Wildman–Crippen LogP) is 4.09. The standard InChI is InChI=1S/C24H32N2O3S/c1-3-8-20-11-13-23(14-12-20)30(28,29)26-17-15-22(16-18-26)24(27)25(4-2)19-21-9-6-5-7-10-21/h5-7,9-14,22H,3-4,8,15-19H2,1-2H3. The van der Waals surface area contributed by atoms with Gasteiger partial charge < -0.3 is 4.90 Å². The quantitative estimate of drug-likeness (QED) is 0.636. The number of benzene rings is 2. The molecule has 2 aromatic rings. The van der Waals surface area contributed by atoms with Crippen LogP contribution in [0.3, 0.4) is 0 Å². The average molecular weight is 429 g/mol. The van der Waals surface area contributed by atoms with Gasteiger partial charge in [-0.2, -0.15) is 4.31 Å². The molecule has 0 bridgehead atoms. The summed E-state index contributed by atoms with van der Waals surface area (Å²) < 4.78 is 27.5. The Labute approximate surface area is 180 Å². The number of hydrogen-bond donors (Lipinski definition) is 0. The minimum absolute atomic E-state index is 0.118. The lowest BCUT2D eigenvalue weighted by molar-refractivity contribution is -0.137. The number of carbonyl (C=O) groups excluding carboxylic acids is 1. The first-order valence-corrected chi connectivity index (χ1v) is 12.3. The van der Waals surface area contributed by atoms with Gasteiger partial charge in [-0.05, 0) is 49.4 Å². The summed E-state index contributed by atoms with van der Waals surface area (Å²) in [6.07, 6.45) is 3.12. The average Bonchev–Trinajstić information content (AvgIpc) is 2.78. The molecule has 2 aromatic carbocycles. The van der Waals surface area contributed by atoms with E-state index >= 15 is 0 Å². The third kappa shape index (κ3) is 5.29. The maximum Gasteiger partial charge on any atom is 0.243 e. The Morgan fingerprint density at radius 1 is 0.967 bits per heavy atom. The van der Waals surface area contributed by atoms with Crippen molar-refractivity contribution in [2.75, 3.05) is 19.6 Å². The van der Waals surface area contributed by atoms with E-state index < -0.39 is 10.0 Å². The van der Waals surface area contributed by atoms with Gasteiger partial charge in [0.1, 0.15) is 0 Å². The summed E-state index contributed by atoms with van der Waals surface area (Å²) in [5.74, 6) is 0.00867. The Morgan fingerprint density at radius 3 is 2.17 bits per heavy atom. The van der Waals surface area contributed by atoms with E-state index in [9.17, 15) is 13.2 Å². The number of aryl methyl sites for hydroxylation is 1. The van der Waals surface area contributed by atoms with Crippen LogP contribution in [0.5, 0.6) is 0 Å². The molecule has 1 heterocycles. The molecule has 0 spiro atoms. The molecule has 0 radical (unpaired) electrons. The molecule has 1 aliphatic rings. The van der Waals surface area contributed by atoms with Crippen LogP contribution in [-0.2, 0) is 27.8 Å². The second-order valence-corrected chi connectivity index (χ2v) is 9.85. The fraction of sp³-hybridized carbons (Fsp3) is 0.458. The highest BCUT2D eigenvalue weighted by molar-refractivity contribution is 7.89. The normalized spacial score (nSPS) is 15.8. The third-order valence-electron chi connectivity index (χ3n) is 5.81. The molecule has 162 valence electrons. The van der Waals surface area contributed by atoms with E-state index in [2.05, 4.69) is 6.92 Å². The van der Waals surface area contributed by atoms with Crippen molar-refractivity contribution in [2.24, 2.45) is 5.92 Å². The summed E-state index contributed by atoms with van der Waals surface area (Å²) in [5.41, 5.74) is 2.26. The molecule has 5 nitrogen and oxygen atoms in total. The zero-order valence-electron chi connectivity index (χ0n) is 18.0. The summed E-state index contributed by atoms with van der Waals surface area (Å²) in [5, 5.41) is 0. The van der Waals surface area contributed by atoms with Crippen molar-refractivity contribution in [1.29, 1.82) is 0 Å². The molecule has 1 saturated heterocycles. The van der Waals surface area contributed by atoms with Crippen LogP contribution < -0.4 is 0 Å². The van der Waals surface area contributed by atoms with Gasteiger partial charge in [-0.3, -0.25) is 4.79 Å². The van der Waals surface area contributed by atoms with Gasteiger partial charge in [-0.15, -0.1) is 0 Å². The van der Waals surface area contributed by atoms with E-state index in [1.807, 2.05) is 54.3 Å². The predicted molar refractivity (Wildman–Crippen MR) is 119 cm³/mol. The summed E-state index contributed by atoms with van der Waals surface area (Å²) in [7, 11) is -3.51. The van der Waals surface area contributed by atoms with Crippen LogP contribution in [0.4, 0.5) is 0 Å². The first-order chi connectivity index (χ1) is 14.5. The van der Waals surface area contributed by atoms with Crippen molar-refractivity contribution in [2.45, 2.75) is 51.0 Å². The Hall–Kier alpha value is -2.18. The van der Waals surface area contributed by atoms with Crippen LogP contribution in [0.2, 0.25) is 0 Å². The van der Waals surface area contributed by atoms with Gasteiger partial charge in [-0.1, -0.05) is 55.8 Å². The highest BCUT2D eigenvalue weighted by Gasteiger charge is 2.33. The second-order valence-electron chi connectivity index (χ2n) is 7.91.